The summed E-state index contributed by atoms with van der Waals surface area (Å²) in [5, 5.41) is 10.4. The Kier molecular flexibility index (Phi) is 2.54. The topological polar surface area (TPSA) is 50.2 Å². The molecule has 0 saturated heterocycles. The highest BCUT2D eigenvalue weighted by Crippen LogP contribution is 2.20. The van der Waals surface area contributed by atoms with E-state index >= 15 is 0 Å². The average Bonchev–Trinajstić information content (AvgIpc) is 2.53. The van der Waals surface area contributed by atoms with Crippen LogP contribution in [0, 0.1) is 0 Å². The second-order valence-electron chi connectivity index (χ2n) is 2.08. The van der Waals surface area contributed by atoms with E-state index in [9.17, 15) is 9.18 Å². The molecule has 12 heavy (non-hydrogen) atoms. The van der Waals surface area contributed by atoms with Crippen molar-refractivity contribution in [3.05, 3.63) is 22.4 Å². The first-order valence-electron chi connectivity index (χ1n) is 3.12. The highest BCUT2D eigenvalue weighted by atomic mass is 32.1. The van der Waals surface area contributed by atoms with Crippen LogP contribution < -0.4 is 0 Å². The molecule has 1 rings (SSSR count). The van der Waals surface area contributed by atoms with Gasteiger partial charge in [-0.1, -0.05) is 0 Å². The maximum Gasteiger partial charge on any atom is 0.365 e. The normalized spacial score (nSPS) is 12.5. The Morgan fingerprint density at radius 3 is 2.83 bits per heavy atom. The van der Waals surface area contributed by atoms with Crippen molar-refractivity contribution in [1.82, 2.24) is 4.98 Å². The van der Waals surface area contributed by atoms with Gasteiger partial charge in [0.1, 0.15) is 5.01 Å². The first-order chi connectivity index (χ1) is 5.63. The minimum atomic E-state index is -1.55. The number of thiazole rings is 1. The lowest BCUT2D eigenvalue weighted by atomic mass is 10.3. The maximum absolute atomic E-state index is 12.7. The van der Waals surface area contributed by atoms with Crippen LogP contribution in [0.2, 0.25) is 0 Å². The molecule has 0 atom stereocenters. The Hall–Kier alpha value is -1.23. The minimum absolute atomic E-state index is 0.0671. The number of halogens is 1. The monoisotopic (exact) mass is 187 g/mol. The predicted octanol–water partition coefficient (Wildman–Crippen LogP) is 1.93. The largest absolute Gasteiger partial charge is 0.476 e. The zero-order chi connectivity index (χ0) is 9.14. The first kappa shape index (κ1) is 8.86. The van der Waals surface area contributed by atoms with Crippen LogP contribution in [0.15, 0.2) is 17.4 Å². The summed E-state index contributed by atoms with van der Waals surface area (Å²) in [6, 6.07) is 0. The quantitative estimate of drug-likeness (QED) is 0.719. The number of aliphatic carboxylic acids is 1. The van der Waals surface area contributed by atoms with E-state index in [1.807, 2.05) is 0 Å². The van der Waals surface area contributed by atoms with Gasteiger partial charge in [-0.2, -0.15) is 4.39 Å². The summed E-state index contributed by atoms with van der Waals surface area (Å²) >= 11 is 1.20. The third-order valence-corrected chi connectivity index (χ3v) is 2.16. The molecule has 1 aromatic rings. The van der Waals surface area contributed by atoms with Gasteiger partial charge in [0.15, 0.2) is 0 Å². The lowest BCUT2D eigenvalue weighted by Crippen LogP contribution is -1.97. The van der Waals surface area contributed by atoms with Gasteiger partial charge >= 0.3 is 5.97 Å². The fourth-order valence-electron chi connectivity index (χ4n) is 0.663. The summed E-state index contributed by atoms with van der Waals surface area (Å²) < 4.78 is 12.7. The lowest BCUT2D eigenvalue weighted by Gasteiger charge is -1.94. The number of hydrogen-bond acceptors (Lipinski definition) is 3. The van der Waals surface area contributed by atoms with Crippen molar-refractivity contribution >= 4 is 22.9 Å². The van der Waals surface area contributed by atoms with Crippen molar-refractivity contribution < 1.29 is 14.3 Å². The summed E-state index contributed by atoms with van der Waals surface area (Å²) in [7, 11) is 0. The number of carboxylic acids is 1. The zero-order valence-corrected chi connectivity index (χ0v) is 7.06. The molecule has 0 fully saturated rings. The van der Waals surface area contributed by atoms with Crippen LogP contribution >= 0.6 is 11.3 Å². The molecule has 0 aliphatic rings. The second kappa shape index (κ2) is 3.44. The van der Waals surface area contributed by atoms with Gasteiger partial charge in [0.05, 0.1) is 0 Å². The van der Waals surface area contributed by atoms with E-state index in [-0.39, 0.29) is 5.57 Å². The van der Waals surface area contributed by atoms with Crippen molar-refractivity contribution in [2.24, 2.45) is 0 Å². The van der Waals surface area contributed by atoms with E-state index < -0.39 is 11.8 Å². The first-order valence-corrected chi connectivity index (χ1v) is 4.00. The zero-order valence-electron chi connectivity index (χ0n) is 6.24. The number of carboxylic acid groups (broad SMARTS) is 1. The predicted molar refractivity (Wildman–Crippen MR) is 43.5 cm³/mol. The summed E-state index contributed by atoms with van der Waals surface area (Å²) in [4.78, 5) is 14.0. The van der Waals surface area contributed by atoms with E-state index in [1.165, 1.54) is 24.5 Å². The molecule has 0 amide bonds. The Morgan fingerprint density at radius 1 is 1.75 bits per heavy atom. The fraction of sp³-hybridized carbons (Fsp3) is 0.143. The van der Waals surface area contributed by atoms with Crippen LogP contribution in [0.3, 0.4) is 0 Å². The summed E-state index contributed by atoms with van der Waals surface area (Å²) in [5.41, 5.74) is 0.0671. The van der Waals surface area contributed by atoms with Gasteiger partial charge in [0, 0.05) is 17.2 Å². The van der Waals surface area contributed by atoms with Gasteiger partial charge in [0.25, 0.3) is 0 Å². The van der Waals surface area contributed by atoms with Gasteiger partial charge in [-0.05, 0) is 6.92 Å². The Morgan fingerprint density at radius 2 is 2.42 bits per heavy atom. The van der Waals surface area contributed by atoms with Gasteiger partial charge in [0.2, 0.25) is 5.83 Å². The SMILES string of the molecule is C/C(=C(/F)C(=O)O)c1nccs1. The van der Waals surface area contributed by atoms with E-state index in [2.05, 4.69) is 4.98 Å². The smallest absolute Gasteiger partial charge is 0.365 e. The molecule has 5 heteroatoms. The fourth-order valence-corrected chi connectivity index (χ4v) is 1.30. The number of allylic oxidation sites excluding steroid dienone is 1. The molecule has 0 bridgehead atoms. The molecule has 3 nitrogen and oxygen atoms in total. The average molecular weight is 187 g/mol. The van der Waals surface area contributed by atoms with Crippen LogP contribution in [0.1, 0.15) is 11.9 Å². The molecular weight excluding hydrogens is 181 g/mol. The summed E-state index contributed by atoms with van der Waals surface area (Å²) in [6.45, 7) is 1.39. The van der Waals surface area contributed by atoms with Crippen LogP contribution in [0.5, 0.6) is 0 Å². The molecule has 0 spiro atoms. The van der Waals surface area contributed by atoms with Crippen LogP contribution in [-0.4, -0.2) is 16.1 Å². The minimum Gasteiger partial charge on any atom is -0.476 e. The Labute approximate surface area is 72.2 Å². The number of carbonyl (C=O) groups is 1. The molecule has 1 aromatic heterocycles. The molecule has 0 aromatic carbocycles. The third-order valence-electron chi connectivity index (χ3n) is 1.27. The summed E-state index contributed by atoms with van der Waals surface area (Å²) in [5.74, 6) is -2.70. The van der Waals surface area contributed by atoms with E-state index in [0.29, 0.717) is 5.01 Å². The number of aromatic nitrogens is 1. The van der Waals surface area contributed by atoms with Gasteiger partial charge < -0.3 is 5.11 Å². The molecule has 0 unspecified atom stereocenters. The number of hydrogen-bond donors (Lipinski definition) is 1. The number of nitrogens with zero attached hydrogens (tertiary/aromatic N) is 1. The molecule has 0 aliphatic carbocycles. The molecule has 1 heterocycles. The molecule has 0 saturated carbocycles. The molecule has 64 valence electrons. The highest BCUT2D eigenvalue weighted by molar-refractivity contribution is 7.10. The van der Waals surface area contributed by atoms with E-state index in [1.54, 1.807) is 5.38 Å². The van der Waals surface area contributed by atoms with Crippen LogP contribution in [0.4, 0.5) is 4.39 Å². The maximum atomic E-state index is 12.7. The van der Waals surface area contributed by atoms with Crippen molar-refractivity contribution in [1.29, 1.82) is 0 Å². The number of rotatable bonds is 2. The molecule has 1 N–H and O–H groups in total. The van der Waals surface area contributed by atoms with Gasteiger partial charge in [-0.25, -0.2) is 9.78 Å². The molecule has 0 aliphatic heterocycles. The van der Waals surface area contributed by atoms with Crippen molar-refractivity contribution in [3.63, 3.8) is 0 Å². The Balaban J connectivity index is 3.05. The van der Waals surface area contributed by atoms with Crippen LogP contribution in [-0.2, 0) is 4.79 Å². The molecular formula is C7H6FNO2S. The standard InChI is InChI=1S/C7H6FNO2S/c1-4(5(8)7(10)11)6-9-2-3-12-6/h2-3H,1H3,(H,10,11)/b5-4-. The lowest BCUT2D eigenvalue weighted by molar-refractivity contribution is -0.134. The van der Waals surface area contributed by atoms with Crippen molar-refractivity contribution in [2.45, 2.75) is 6.92 Å². The van der Waals surface area contributed by atoms with Crippen molar-refractivity contribution in [3.8, 4) is 0 Å². The summed E-state index contributed by atoms with van der Waals surface area (Å²) in [6.07, 6.45) is 1.50. The third kappa shape index (κ3) is 1.68. The van der Waals surface area contributed by atoms with Crippen molar-refractivity contribution in [2.75, 3.05) is 0 Å². The van der Waals surface area contributed by atoms with Crippen LogP contribution in [0.25, 0.3) is 5.57 Å². The van der Waals surface area contributed by atoms with E-state index in [0.717, 1.165) is 0 Å². The Bertz CT molecular complexity index is 318. The van der Waals surface area contributed by atoms with Gasteiger partial charge in [-0.15, -0.1) is 11.3 Å². The molecule has 0 radical (unpaired) electrons. The highest BCUT2D eigenvalue weighted by Gasteiger charge is 2.12. The van der Waals surface area contributed by atoms with Gasteiger partial charge in [-0.3, -0.25) is 0 Å². The second-order valence-corrected chi connectivity index (χ2v) is 2.98. The van der Waals surface area contributed by atoms with E-state index in [4.69, 9.17) is 5.11 Å².